The maximum absolute atomic E-state index is 12.5. The van der Waals surface area contributed by atoms with Gasteiger partial charge in [-0.15, -0.1) is 5.92 Å². The molecule has 3 N–H and O–H groups in total. The van der Waals surface area contributed by atoms with Crippen molar-refractivity contribution in [2.75, 3.05) is 20.4 Å². The van der Waals surface area contributed by atoms with Crippen LogP contribution < -0.4 is 16.3 Å². The molecule has 1 fully saturated rings. The van der Waals surface area contributed by atoms with E-state index in [-0.39, 0.29) is 30.6 Å². The second kappa shape index (κ2) is 9.55. The lowest BCUT2D eigenvalue weighted by molar-refractivity contribution is -0.142. The molecule has 0 bridgehead atoms. The van der Waals surface area contributed by atoms with Crippen molar-refractivity contribution in [1.29, 1.82) is 0 Å². The van der Waals surface area contributed by atoms with Crippen LogP contribution in [0.2, 0.25) is 0 Å². The SMILES string of the molecule is CC#Cc1cn([C@H]2CC(O)C(COP(C)(=O)N[C@@H](C)C(=O)OC)C2)c(=O)[nH]c1=O. The fourth-order valence-corrected chi connectivity index (χ4v) is 4.68. The highest BCUT2D eigenvalue weighted by atomic mass is 31.2. The zero-order valence-electron chi connectivity index (χ0n) is 16.8. The van der Waals surface area contributed by atoms with Gasteiger partial charge in [0, 0.05) is 24.8 Å². The Kier molecular flexibility index (Phi) is 7.60. The van der Waals surface area contributed by atoms with Crippen LogP contribution in [-0.4, -0.2) is 53.2 Å². The van der Waals surface area contributed by atoms with Gasteiger partial charge in [0.05, 0.1) is 19.8 Å². The smallest absolute Gasteiger partial charge is 0.328 e. The third-order valence-corrected chi connectivity index (χ3v) is 6.27. The molecule has 2 rings (SSSR count). The van der Waals surface area contributed by atoms with Crippen LogP contribution in [0.1, 0.15) is 38.3 Å². The number of H-pyrrole nitrogens is 1. The number of hydrogen-bond donors (Lipinski definition) is 3. The summed E-state index contributed by atoms with van der Waals surface area (Å²) in [6.07, 6.45) is 1.28. The minimum Gasteiger partial charge on any atom is -0.468 e. The molecule has 0 spiro atoms. The molecule has 29 heavy (non-hydrogen) atoms. The van der Waals surface area contributed by atoms with E-state index in [2.05, 4.69) is 26.6 Å². The predicted molar refractivity (Wildman–Crippen MR) is 106 cm³/mol. The number of hydrogen-bond acceptors (Lipinski definition) is 7. The van der Waals surface area contributed by atoms with Crippen molar-refractivity contribution in [2.45, 2.75) is 44.9 Å². The summed E-state index contributed by atoms with van der Waals surface area (Å²) in [5, 5.41) is 13.0. The molecule has 1 aromatic heterocycles. The molecule has 5 atom stereocenters. The van der Waals surface area contributed by atoms with E-state index in [0.717, 1.165) is 0 Å². The van der Waals surface area contributed by atoms with E-state index >= 15 is 0 Å². The van der Waals surface area contributed by atoms with Crippen LogP contribution in [0.25, 0.3) is 0 Å². The number of carbonyl (C=O) groups is 1. The molecule has 0 saturated heterocycles. The quantitative estimate of drug-likeness (QED) is 0.319. The number of aromatic amines is 1. The number of rotatable bonds is 7. The Bertz CT molecular complexity index is 974. The molecule has 10 nitrogen and oxygen atoms in total. The van der Waals surface area contributed by atoms with E-state index in [1.807, 2.05) is 0 Å². The highest BCUT2D eigenvalue weighted by Crippen LogP contribution is 2.42. The Labute approximate surface area is 168 Å². The summed E-state index contributed by atoms with van der Waals surface area (Å²) in [7, 11) is -2.09. The lowest BCUT2D eigenvalue weighted by Gasteiger charge is -2.22. The molecular formula is C18H26N3O7P. The first-order valence-electron chi connectivity index (χ1n) is 9.12. The van der Waals surface area contributed by atoms with Crippen LogP contribution in [0.15, 0.2) is 15.8 Å². The minimum absolute atomic E-state index is 0.0218. The van der Waals surface area contributed by atoms with E-state index in [1.165, 1.54) is 31.5 Å². The second-order valence-corrected chi connectivity index (χ2v) is 9.26. The van der Waals surface area contributed by atoms with Crippen LogP contribution in [0.4, 0.5) is 0 Å². The van der Waals surface area contributed by atoms with Gasteiger partial charge in [-0.1, -0.05) is 5.92 Å². The maximum Gasteiger partial charge on any atom is 0.328 e. The lowest BCUT2D eigenvalue weighted by Crippen LogP contribution is -2.33. The van der Waals surface area contributed by atoms with E-state index in [0.29, 0.717) is 6.42 Å². The van der Waals surface area contributed by atoms with Crippen molar-refractivity contribution in [3.05, 3.63) is 32.6 Å². The van der Waals surface area contributed by atoms with Gasteiger partial charge in [0.15, 0.2) is 0 Å². The molecule has 1 saturated carbocycles. The Balaban J connectivity index is 2.06. The number of ether oxygens (including phenoxy) is 1. The first kappa shape index (κ1) is 23.1. The molecule has 1 aliphatic rings. The van der Waals surface area contributed by atoms with Gasteiger partial charge in [-0.25, -0.2) is 9.88 Å². The summed E-state index contributed by atoms with van der Waals surface area (Å²) in [5.74, 6) is 4.32. The summed E-state index contributed by atoms with van der Waals surface area (Å²) in [4.78, 5) is 37.7. The van der Waals surface area contributed by atoms with Crippen LogP contribution in [-0.2, 0) is 18.6 Å². The van der Waals surface area contributed by atoms with Crippen LogP contribution >= 0.6 is 7.52 Å². The number of nitrogens with zero attached hydrogens (tertiary/aromatic N) is 1. The van der Waals surface area contributed by atoms with Crippen molar-refractivity contribution < 1.29 is 23.7 Å². The second-order valence-electron chi connectivity index (χ2n) is 7.05. The minimum atomic E-state index is -3.32. The lowest BCUT2D eigenvalue weighted by atomic mass is 10.1. The first-order chi connectivity index (χ1) is 13.6. The average molecular weight is 427 g/mol. The van der Waals surface area contributed by atoms with Crippen LogP contribution in [0, 0.1) is 17.8 Å². The van der Waals surface area contributed by atoms with Crippen LogP contribution in [0.3, 0.4) is 0 Å². The number of methoxy groups -OCH3 is 1. The number of carbonyl (C=O) groups excluding carboxylic acids is 1. The summed E-state index contributed by atoms with van der Waals surface area (Å²) in [6, 6.07) is -1.17. The number of aliphatic hydroxyl groups excluding tert-OH is 1. The molecule has 11 heteroatoms. The molecule has 1 heterocycles. The third-order valence-electron chi connectivity index (χ3n) is 4.77. The maximum atomic E-state index is 12.5. The average Bonchev–Trinajstić information content (AvgIpc) is 3.01. The van der Waals surface area contributed by atoms with Crippen molar-refractivity contribution >= 4 is 13.5 Å². The first-order valence-corrected chi connectivity index (χ1v) is 11.2. The summed E-state index contributed by atoms with van der Waals surface area (Å²) in [5.41, 5.74) is -0.970. The predicted octanol–water partition coefficient (Wildman–Crippen LogP) is 0.211. The van der Waals surface area contributed by atoms with Gasteiger partial charge in [-0.3, -0.25) is 23.7 Å². The normalized spacial score (nSPS) is 24.2. The van der Waals surface area contributed by atoms with Gasteiger partial charge >= 0.3 is 11.7 Å². The Morgan fingerprint density at radius 1 is 1.48 bits per heavy atom. The zero-order valence-corrected chi connectivity index (χ0v) is 17.7. The Morgan fingerprint density at radius 3 is 2.79 bits per heavy atom. The van der Waals surface area contributed by atoms with E-state index in [9.17, 15) is 24.1 Å². The number of aliphatic hydroxyl groups is 1. The fourth-order valence-electron chi connectivity index (χ4n) is 3.32. The molecule has 160 valence electrons. The van der Waals surface area contributed by atoms with Crippen molar-refractivity contribution in [3.8, 4) is 11.8 Å². The van der Waals surface area contributed by atoms with Gasteiger partial charge in [0.25, 0.3) is 13.1 Å². The van der Waals surface area contributed by atoms with Gasteiger partial charge in [-0.05, 0) is 26.7 Å². The monoisotopic (exact) mass is 427 g/mol. The Hall–Kier alpha value is -2.18. The molecule has 3 unspecified atom stereocenters. The molecule has 1 aliphatic carbocycles. The van der Waals surface area contributed by atoms with Crippen molar-refractivity contribution in [3.63, 3.8) is 0 Å². The number of nitrogens with one attached hydrogen (secondary N) is 2. The molecule has 0 aliphatic heterocycles. The molecule has 0 amide bonds. The van der Waals surface area contributed by atoms with Gasteiger partial charge < -0.3 is 14.4 Å². The highest BCUT2D eigenvalue weighted by molar-refractivity contribution is 7.56. The number of aromatic nitrogens is 2. The van der Waals surface area contributed by atoms with Crippen molar-refractivity contribution in [2.24, 2.45) is 5.92 Å². The molecule has 1 aromatic rings. The topological polar surface area (TPSA) is 140 Å². The molecule has 0 radical (unpaired) electrons. The summed E-state index contributed by atoms with van der Waals surface area (Å²) >= 11 is 0. The molecular weight excluding hydrogens is 401 g/mol. The zero-order chi connectivity index (χ0) is 21.8. The van der Waals surface area contributed by atoms with E-state index < -0.39 is 36.9 Å². The van der Waals surface area contributed by atoms with Gasteiger partial charge in [-0.2, -0.15) is 0 Å². The fraction of sp³-hybridized carbons (Fsp3) is 0.611. The summed E-state index contributed by atoms with van der Waals surface area (Å²) < 4.78 is 23.9. The number of esters is 1. The largest absolute Gasteiger partial charge is 0.468 e. The highest BCUT2D eigenvalue weighted by Gasteiger charge is 2.36. The van der Waals surface area contributed by atoms with Gasteiger partial charge in [0.2, 0.25) is 0 Å². The van der Waals surface area contributed by atoms with E-state index in [1.54, 1.807) is 6.92 Å². The molecule has 0 aromatic carbocycles. The Morgan fingerprint density at radius 2 is 2.17 bits per heavy atom. The third kappa shape index (κ3) is 5.90. The standard InChI is InChI=1S/C18H26N3O7P/c1-5-6-12-9-21(18(25)19-16(12)23)14-7-13(15(22)8-14)10-28-29(4,26)20-11(2)17(24)27-3/h9,11,13-15,22H,7-8,10H2,1-4H3,(H,20,26)(H,19,23,25)/t11-,13?,14+,15?,29?/m0/s1. The van der Waals surface area contributed by atoms with Crippen LogP contribution in [0.5, 0.6) is 0 Å². The van der Waals surface area contributed by atoms with Crippen molar-refractivity contribution in [1.82, 2.24) is 14.6 Å². The van der Waals surface area contributed by atoms with Gasteiger partial charge in [0.1, 0.15) is 11.6 Å². The summed E-state index contributed by atoms with van der Waals surface area (Å²) in [6.45, 7) is 4.41. The van der Waals surface area contributed by atoms with E-state index in [4.69, 9.17) is 4.52 Å².